The molecule has 0 fully saturated rings. The Morgan fingerprint density at radius 3 is 2.03 bits per heavy atom. The monoisotopic (exact) mass is 478 g/mol. The van der Waals surface area contributed by atoms with Crippen LogP contribution in [-0.2, 0) is 14.3 Å². The topological polar surface area (TPSA) is 105 Å². The van der Waals surface area contributed by atoms with Crippen LogP contribution in [0, 0.1) is 5.92 Å². The zero-order valence-electron chi connectivity index (χ0n) is 18.6. The van der Waals surface area contributed by atoms with E-state index in [4.69, 9.17) is 9.84 Å². The van der Waals surface area contributed by atoms with Crippen LogP contribution in [0.1, 0.15) is 37.3 Å². The third-order valence-corrected chi connectivity index (χ3v) is 6.09. The number of nitrogens with one attached hydrogen (secondary N) is 2. The van der Waals surface area contributed by atoms with Gasteiger partial charge in [0.1, 0.15) is 12.1 Å². The van der Waals surface area contributed by atoms with E-state index < -0.39 is 42.1 Å². The van der Waals surface area contributed by atoms with Crippen molar-refractivity contribution in [2.45, 2.75) is 37.9 Å². The highest BCUT2D eigenvalue weighted by Crippen LogP contribution is 2.44. The predicted octanol–water partition coefficient (Wildman–Crippen LogP) is 4.07. The van der Waals surface area contributed by atoms with Crippen molar-refractivity contribution in [1.82, 2.24) is 10.6 Å². The number of carboxylic acids is 1. The van der Waals surface area contributed by atoms with Crippen LogP contribution in [0.5, 0.6) is 0 Å². The average molecular weight is 478 g/mol. The first-order valence-corrected chi connectivity index (χ1v) is 10.7. The van der Waals surface area contributed by atoms with Crippen LogP contribution >= 0.6 is 0 Å². The summed E-state index contributed by atoms with van der Waals surface area (Å²) in [5.74, 6) is -6.01. The fourth-order valence-electron chi connectivity index (χ4n) is 3.90. The number of rotatable bonds is 8. The number of ether oxygens (including phenoxy) is 1. The molecule has 34 heavy (non-hydrogen) atoms. The maximum absolute atomic E-state index is 12.8. The molecule has 10 heteroatoms. The molecule has 1 aliphatic carbocycles. The smallest absolute Gasteiger partial charge is 0.408 e. The van der Waals surface area contributed by atoms with Crippen molar-refractivity contribution in [1.29, 1.82) is 0 Å². The Bertz CT molecular complexity index is 1040. The van der Waals surface area contributed by atoms with E-state index in [0.29, 0.717) is 0 Å². The molecular formula is C24H25F3N2O5. The number of alkyl halides is 3. The molecule has 7 nitrogen and oxygen atoms in total. The molecule has 3 rings (SSSR count). The van der Waals surface area contributed by atoms with Gasteiger partial charge in [0.15, 0.2) is 5.92 Å². The fourth-order valence-corrected chi connectivity index (χ4v) is 3.90. The van der Waals surface area contributed by atoms with E-state index in [-0.39, 0.29) is 18.9 Å². The molecule has 2 atom stereocenters. The first-order valence-electron chi connectivity index (χ1n) is 10.7. The number of benzene rings is 2. The Morgan fingerprint density at radius 1 is 1.03 bits per heavy atom. The first-order chi connectivity index (χ1) is 16.0. The van der Waals surface area contributed by atoms with Crippen molar-refractivity contribution in [2.24, 2.45) is 5.92 Å². The Balaban J connectivity index is 1.64. The Labute approximate surface area is 194 Å². The molecule has 2 amide bonds. The number of halogens is 3. The molecule has 0 saturated carbocycles. The molecule has 0 bridgehead atoms. The first kappa shape index (κ1) is 25.1. The highest BCUT2D eigenvalue weighted by Gasteiger charge is 2.46. The third-order valence-electron chi connectivity index (χ3n) is 6.09. The van der Waals surface area contributed by atoms with Crippen LogP contribution in [-0.4, -0.2) is 47.9 Å². The van der Waals surface area contributed by atoms with Crippen LogP contribution in [0.4, 0.5) is 18.0 Å². The van der Waals surface area contributed by atoms with Crippen LogP contribution in [0.15, 0.2) is 48.5 Å². The number of alkyl carbamates (subject to hydrolysis) is 1. The summed E-state index contributed by atoms with van der Waals surface area (Å²) >= 11 is 0. The van der Waals surface area contributed by atoms with Gasteiger partial charge in [0.25, 0.3) is 0 Å². The lowest BCUT2D eigenvalue weighted by Gasteiger charge is -2.29. The number of hydrogen-bond donors (Lipinski definition) is 3. The minimum absolute atomic E-state index is 0.00354. The van der Waals surface area contributed by atoms with Gasteiger partial charge in [0, 0.05) is 12.5 Å². The van der Waals surface area contributed by atoms with Gasteiger partial charge in [0.05, 0.1) is 0 Å². The van der Waals surface area contributed by atoms with Crippen molar-refractivity contribution < 1.29 is 37.4 Å². The molecular weight excluding hydrogens is 453 g/mol. The van der Waals surface area contributed by atoms with Crippen molar-refractivity contribution >= 4 is 18.0 Å². The number of aliphatic carboxylic acids is 1. The second-order valence-corrected chi connectivity index (χ2v) is 8.28. The summed E-state index contributed by atoms with van der Waals surface area (Å²) in [4.78, 5) is 35.9. The van der Waals surface area contributed by atoms with E-state index >= 15 is 0 Å². The van der Waals surface area contributed by atoms with Crippen LogP contribution < -0.4 is 10.6 Å². The number of amides is 2. The van der Waals surface area contributed by atoms with E-state index in [0.717, 1.165) is 22.3 Å². The molecule has 182 valence electrons. The fraction of sp³-hybridized carbons (Fsp3) is 0.375. The van der Waals surface area contributed by atoms with Crippen molar-refractivity contribution in [3.63, 3.8) is 0 Å². The molecule has 1 aliphatic rings. The molecule has 3 N–H and O–H groups in total. The number of hydrogen-bond acceptors (Lipinski definition) is 4. The van der Waals surface area contributed by atoms with E-state index in [1.165, 1.54) is 6.92 Å². The molecule has 0 spiro atoms. The zero-order chi connectivity index (χ0) is 25.1. The molecule has 2 unspecified atom stereocenters. The van der Waals surface area contributed by atoms with Gasteiger partial charge in [-0.25, -0.2) is 4.79 Å². The summed E-state index contributed by atoms with van der Waals surface area (Å²) in [5.41, 5.74) is 2.49. The summed E-state index contributed by atoms with van der Waals surface area (Å²) in [7, 11) is 0. The van der Waals surface area contributed by atoms with Gasteiger partial charge in [-0.2, -0.15) is 13.2 Å². The number of carboxylic acid groups (broad SMARTS) is 1. The van der Waals surface area contributed by atoms with Gasteiger partial charge < -0.3 is 20.5 Å². The van der Waals surface area contributed by atoms with Crippen molar-refractivity contribution in [3.05, 3.63) is 59.7 Å². The minimum atomic E-state index is -5.03. The highest BCUT2D eigenvalue weighted by molar-refractivity contribution is 5.90. The number of carbonyl (C=O) groups is 3. The van der Waals surface area contributed by atoms with Gasteiger partial charge in [-0.15, -0.1) is 0 Å². The quantitative estimate of drug-likeness (QED) is 0.531. The second-order valence-electron chi connectivity index (χ2n) is 8.28. The van der Waals surface area contributed by atoms with Crippen LogP contribution in [0.2, 0.25) is 0 Å². The molecule has 2 aromatic carbocycles. The molecule has 0 aromatic heterocycles. The molecule has 0 heterocycles. The van der Waals surface area contributed by atoms with Gasteiger partial charge in [-0.3, -0.25) is 9.59 Å². The van der Waals surface area contributed by atoms with Crippen LogP contribution in [0.3, 0.4) is 0 Å². The minimum Gasteiger partial charge on any atom is -0.481 e. The van der Waals surface area contributed by atoms with E-state index in [1.54, 1.807) is 6.92 Å². The highest BCUT2D eigenvalue weighted by atomic mass is 19.4. The maximum Gasteiger partial charge on any atom is 0.408 e. The van der Waals surface area contributed by atoms with E-state index in [1.807, 2.05) is 53.8 Å². The Morgan fingerprint density at radius 2 is 1.56 bits per heavy atom. The third kappa shape index (κ3) is 5.16. The maximum atomic E-state index is 12.8. The van der Waals surface area contributed by atoms with Gasteiger partial charge in [-0.05, 0) is 35.6 Å². The average Bonchev–Trinajstić information content (AvgIpc) is 3.10. The zero-order valence-corrected chi connectivity index (χ0v) is 18.6. The molecule has 0 aliphatic heterocycles. The van der Waals surface area contributed by atoms with Gasteiger partial charge >= 0.3 is 18.2 Å². The summed E-state index contributed by atoms with van der Waals surface area (Å²) in [5, 5.41) is 13.2. The summed E-state index contributed by atoms with van der Waals surface area (Å²) in [6.45, 7) is 1.73. The summed E-state index contributed by atoms with van der Waals surface area (Å²) in [6.07, 6.45) is -5.90. The Kier molecular flexibility index (Phi) is 7.18. The van der Waals surface area contributed by atoms with E-state index in [9.17, 15) is 27.6 Å². The van der Waals surface area contributed by atoms with Gasteiger partial charge in [0.2, 0.25) is 5.91 Å². The van der Waals surface area contributed by atoms with E-state index in [2.05, 4.69) is 5.32 Å². The lowest BCUT2D eigenvalue weighted by molar-refractivity contribution is -0.192. The van der Waals surface area contributed by atoms with Crippen LogP contribution in [0.25, 0.3) is 11.1 Å². The normalized spacial score (nSPS) is 15.4. The molecule has 0 radical (unpaired) electrons. The standard InChI is InChI=1S/C24H25F3N2O5/c1-3-23(2,21(32)28-12-19(20(30)31)24(25,26)27)29-22(33)34-13-18-16-10-6-4-8-14(16)15-9-5-7-11-17(15)18/h4-11,18-19H,3,12-13H2,1-2H3,(H,28,32)(H,29,33)(H,30,31). The second kappa shape index (κ2) is 9.74. The van der Waals surface area contributed by atoms with Crippen molar-refractivity contribution in [3.8, 4) is 11.1 Å². The lowest BCUT2D eigenvalue weighted by Crippen LogP contribution is -2.58. The van der Waals surface area contributed by atoms with Gasteiger partial charge in [-0.1, -0.05) is 55.5 Å². The Hall–Kier alpha value is -3.56. The molecule has 2 aromatic rings. The lowest BCUT2D eigenvalue weighted by atomic mass is 9.97. The number of fused-ring (bicyclic) bond motifs is 3. The SMILES string of the molecule is CCC(C)(NC(=O)OCC1c2ccccc2-c2ccccc21)C(=O)NCC(C(=O)O)C(F)(F)F. The summed E-state index contributed by atoms with van der Waals surface area (Å²) in [6, 6.07) is 15.5. The number of carbonyl (C=O) groups excluding carboxylic acids is 2. The summed E-state index contributed by atoms with van der Waals surface area (Å²) < 4.78 is 43.9. The molecule has 0 saturated heterocycles. The predicted molar refractivity (Wildman–Crippen MR) is 117 cm³/mol. The van der Waals surface area contributed by atoms with Crippen molar-refractivity contribution in [2.75, 3.05) is 13.2 Å². The largest absolute Gasteiger partial charge is 0.481 e.